The molecule has 1 unspecified atom stereocenters. The van der Waals surface area contributed by atoms with E-state index in [1.807, 2.05) is 19.9 Å². The van der Waals surface area contributed by atoms with Crippen molar-refractivity contribution in [2.75, 3.05) is 7.11 Å². The van der Waals surface area contributed by atoms with Crippen LogP contribution in [0.4, 0.5) is 0 Å². The van der Waals surface area contributed by atoms with Crippen molar-refractivity contribution in [1.29, 1.82) is 0 Å². The minimum atomic E-state index is -0.725. The first-order chi connectivity index (χ1) is 13.0. The van der Waals surface area contributed by atoms with Crippen LogP contribution in [0, 0.1) is 19.8 Å². The van der Waals surface area contributed by atoms with Gasteiger partial charge in [-0.05, 0) is 32.3 Å². The fraction of sp³-hybridized carbons (Fsp3) is 0.526. The summed E-state index contributed by atoms with van der Waals surface area (Å²) in [7, 11) is 1.32. The molecule has 2 aromatic rings. The molecule has 0 bridgehead atoms. The number of carbonyl (C=O) groups is 1. The predicted octanol–water partition coefficient (Wildman–Crippen LogP) is 2.74. The lowest BCUT2D eigenvalue weighted by Gasteiger charge is -2.19. The van der Waals surface area contributed by atoms with Crippen LogP contribution in [0.15, 0.2) is 23.1 Å². The lowest BCUT2D eigenvalue weighted by atomic mass is 9.98. The third-order valence-electron chi connectivity index (χ3n) is 4.77. The van der Waals surface area contributed by atoms with Crippen LogP contribution in [0.2, 0.25) is 0 Å². The molecule has 0 amide bonds. The van der Waals surface area contributed by atoms with Gasteiger partial charge in [0.15, 0.2) is 11.8 Å². The number of aryl methyl sites for hydroxylation is 2. The molecule has 0 aliphatic heterocycles. The molecule has 0 spiro atoms. The molecule has 8 heteroatoms. The molecule has 0 aromatic carbocycles. The quantitative estimate of drug-likeness (QED) is 0.719. The Balaban J connectivity index is 1.82. The highest BCUT2D eigenvalue weighted by atomic mass is 16.5. The van der Waals surface area contributed by atoms with E-state index in [1.54, 1.807) is 0 Å². The molecule has 2 heterocycles. The maximum Gasteiger partial charge on any atom is 0.330 e. The summed E-state index contributed by atoms with van der Waals surface area (Å²) in [5.74, 6) is 0.177. The first-order valence-electron chi connectivity index (χ1n) is 9.13. The van der Waals surface area contributed by atoms with Crippen LogP contribution >= 0.6 is 0 Å². The van der Waals surface area contributed by atoms with E-state index in [2.05, 4.69) is 15.1 Å². The number of esters is 1. The first kappa shape index (κ1) is 19.0. The highest BCUT2D eigenvalue weighted by Gasteiger charge is 2.29. The average Bonchev–Trinajstić information content (AvgIpc) is 3.12. The Hall–Kier alpha value is -2.77. The van der Waals surface area contributed by atoms with E-state index in [4.69, 9.17) is 9.47 Å². The van der Waals surface area contributed by atoms with Crippen LogP contribution in [0.25, 0.3) is 0 Å². The maximum absolute atomic E-state index is 12.6. The van der Waals surface area contributed by atoms with E-state index in [0.717, 1.165) is 37.1 Å². The predicted molar refractivity (Wildman–Crippen MR) is 97.7 cm³/mol. The summed E-state index contributed by atoms with van der Waals surface area (Å²) in [4.78, 5) is 33.2. The molecule has 1 saturated carbocycles. The molecule has 1 aliphatic rings. The number of methoxy groups -OCH3 is 1. The van der Waals surface area contributed by atoms with Crippen molar-refractivity contribution in [3.05, 3.63) is 40.1 Å². The third kappa shape index (κ3) is 4.69. The van der Waals surface area contributed by atoms with Gasteiger partial charge in [-0.2, -0.15) is 5.10 Å². The summed E-state index contributed by atoms with van der Waals surface area (Å²) in [5, 5.41) is 4.15. The van der Waals surface area contributed by atoms with Crippen molar-refractivity contribution < 1.29 is 14.3 Å². The number of hydrogen-bond acceptors (Lipinski definition) is 7. The largest absolute Gasteiger partial charge is 0.467 e. The molecule has 3 rings (SSSR count). The van der Waals surface area contributed by atoms with Crippen molar-refractivity contribution in [3.63, 3.8) is 0 Å². The van der Waals surface area contributed by atoms with Gasteiger partial charge in [0.1, 0.15) is 0 Å². The summed E-state index contributed by atoms with van der Waals surface area (Å²) in [6.07, 6.45) is 6.39. The Kier molecular flexibility index (Phi) is 5.83. The van der Waals surface area contributed by atoms with Gasteiger partial charge in [-0.3, -0.25) is 4.79 Å². The van der Waals surface area contributed by atoms with Crippen molar-refractivity contribution >= 4 is 5.97 Å². The monoisotopic (exact) mass is 372 g/mol. The van der Waals surface area contributed by atoms with Gasteiger partial charge in [0.05, 0.1) is 13.3 Å². The van der Waals surface area contributed by atoms with Crippen molar-refractivity contribution in [1.82, 2.24) is 19.7 Å². The Bertz CT molecular complexity index is 854. The van der Waals surface area contributed by atoms with Gasteiger partial charge in [-0.15, -0.1) is 0 Å². The SMILES string of the molecule is COC(=O)C(CC1CCCC1)n1ncc(Oc2nc(C)cc(C)n2)cc1=O. The fourth-order valence-corrected chi connectivity index (χ4v) is 3.53. The normalized spacial score (nSPS) is 15.5. The first-order valence-corrected chi connectivity index (χ1v) is 9.13. The van der Waals surface area contributed by atoms with Crippen molar-refractivity contribution in [2.45, 2.75) is 52.0 Å². The molecule has 1 fully saturated rings. The molecular weight excluding hydrogens is 348 g/mol. The van der Waals surface area contributed by atoms with E-state index in [9.17, 15) is 9.59 Å². The van der Waals surface area contributed by atoms with Gasteiger partial charge < -0.3 is 9.47 Å². The molecule has 0 radical (unpaired) electrons. The second kappa shape index (κ2) is 8.28. The van der Waals surface area contributed by atoms with E-state index in [-0.39, 0.29) is 11.8 Å². The summed E-state index contributed by atoms with van der Waals surface area (Å²) in [5.41, 5.74) is 1.10. The molecule has 1 aliphatic carbocycles. The lowest BCUT2D eigenvalue weighted by Crippen LogP contribution is -2.33. The second-order valence-electron chi connectivity index (χ2n) is 6.93. The van der Waals surface area contributed by atoms with Crippen LogP contribution in [-0.4, -0.2) is 32.8 Å². The Morgan fingerprint density at radius 1 is 1.22 bits per heavy atom. The van der Waals surface area contributed by atoms with E-state index >= 15 is 0 Å². The highest BCUT2D eigenvalue weighted by Crippen LogP contribution is 2.32. The topological polar surface area (TPSA) is 96.2 Å². The summed E-state index contributed by atoms with van der Waals surface area (Å²) < 4.78 is 11.6. The van der Waals surface area contributed by atoms with Gasteiger partial charge >= 0.3 is 12.0 Å². The van der Waals surface area contributed by atoms with Crippen LogP contribution in [0.1, 0.15) is 49.5 Å². The zero-order chi connectivity index (χ0) is 19.4. The molecule has 27 heavy (non-hydrogen) atoms. The van der Waals surface area contributed by atoms with Crippen molar-refractivity contribution in [2.24, 2.45) is 5.92 Å². The van der Waals surface area contributed by atoms with Gasteiger partial charge in [-0.1, -0.05) is 25.7 Å². The standard InChI is InChI=1S/C19H24N4O4/c1-12-8-13(2)22-19(21-12)27-15-10-17(24)23(20-11-15)16(18(25)26-3)9-14-6-4-5-7-14/h8,10-11,14,16H,4-7,9H2,1-3H3. The molecule has 0 N–H and O–H groups in total. The van der Waals surface area contributed by atoms with E-state index < -0.39 is 17.6 Å². The van der Waals surface area contributed by atoms with Crippen molar-refractivity contribution in [3.8, 4) is 11.8 Å². The number of aromatic nitrogens is 4. The van der Waals surface area contributed by atoms with Crippen LogP contribution < -0.4 is 10.3 Å². The number of ether oxygens (including phenoxy) is 2. The molecular formula is C19H24N4O4. The zero-order valence-electron chi connectivity index (χ0n) is 15.8. The molecule has 8 nitrogen and oxygen atoms in total. The summed E-state index contributed by atoms with van der Waals surface area (Å²) >= 11 is 0. The van der Waals surface area contributed by atoms with Gasteiger partial charge in [0.25, 0.3) is 5.56 Å². The van der Waals surface area contributed by atoms with Gasteiger partial charge in [0, 0.05) is 17.5 Å². The van der Waals surface area contributed by atoms with Crippen LogP contribution in [0.5, 0.6) is 11.8 Å². The van der Waals surface area contributed by atoms with Gasteiger partial charge in [-0.25, -0.2) is 19.4 Å². The van der Waals surface area contributed by atoms with E-state index in [0.29, 0.717) is 12.3 Å². The second-order valence-corrected chi connectivity index (χ2v) is 6.93. The molecule has 0 saturated heterocycles. The molecule has 1 atom stereocenters. The number of rotatable bonds is 6. The minimum Gasteiger partial charge on any atom is -0.467 e. The lowest BCUT2D eigenvalue weighted by molar-refractivity contribution is -0.145. The number of carbonyl (C=O) groups excluding carboxylic acids is 1. The third-order valence-corrected chi connectivity index (χ3v) is 4.77. The Labute approximate surface area is 157 Å². The van der Waals surface area contributed by atoms with Crippen LogP contribution in [0.3, 0.4) is 0 Å². The average molecular weight is 372 g/mol. The highest BCUT2D eigenvalue weighted by molar-refractivity contribution is 5.73. The Morgan fingerprint density at radius 2 is 1.89 bits per heavy atom. The smallest absolute Gasteiger partial charge is 0.330 e. The zero-order valence-corrected chi connectivity index (χ0v) is 15.8. The van der Waals surface area contributed by atoms with Crippen LogP contribution in [-0.2, 0) is 9.53 Å². The molecule has 2 aromatic heterocycles. The number of hydrogen-bond donors (Lipinski definition) is 0. The van der Waals surface area contributed by atoms with E-state index in [1.165, 1.54) is 24.1 Å². The van der Waals surface area contributed by atoms with Gasteiger partial charge in [0.2, 0.25) is 0 Å². The molecule has 144 valence electrons. The minimum absolute atomic E-state index is 0.155. The summed E-state index contributed by atoms with van der Waals surface area (Å²) in [6, 6.07) is 2.55. The Morgan fingerprint density at radius 3 is 2.48 bits per heavy atom. The maximum atomic E-state index is 12.6. The summed E-state index contributed by atoms with van der Waals surface area (Å²) in [6.45, 7) is 3.67. The number of nitrogens with zero attached hydrogens (tertiary/aromatic N) is 4. The fourth-order valence-electron chi connectivity index (χ4n) is 3.53.